The van der Waals surface area contributed by atoms with E-state index in [0.717, 1.165) is 0 Å². The summed E-state index contributed by atoms with van der Waals surface area (Å²) in [6.07, 6.45) is -24.0. The van der Waals surface area contributed by atoms with Gasteiger partial charge in [-0.25, -0.2) is 19.2 Å². The molecule has 2 heterocycles. The number of ether oxygens (including phenoxy) is 8. The van der Waals surface area contributed by atoms with Crippen LogP contribution >= 0.6 is 0 Å². The van der Waals surface area contributed by atoms with E-state index >= 15 is 0 Å². The SMILES string of the molecule is CCC1OC(OC2C(NC(=O)CCCNC(=O)OC(C)(C)C)CC(NC(=O)OC(C)(C)C)C(OC3OC(CNC(=O)OC(C)(C)C)C(O)C(O)C3O)C2O)C(O)C(NC(=O)OC(C)(C)C)C1O. The Morgan fingerprint density at radius 3 is 1.48 bits per heavy atom. The van der Waals surface area contributed by atoms with Crippen molar-refractivity contribution in [2.45, 2.75) is 230 Å². The first-order valence-corrected chi connectivity index (χ1v) is 22.6. The summed E-state index contributed by atoms with van der Waals surface area (Å²) < 4.78 is 45.7. The molecular weight excluding hydrogens is 890 g/mol. The fourth-order valence-electron chi connectivity index (χ4n) is 7.34. The second-order valence-electron chi connectivity index (χ2n) is 20.9. The Kier molecular flexibility index (Phi) is 20.3. The zero-order valence-corrected chi connectivity index (χ0v) is 40.9. The second kappa shape index (κ2) is 23.6. The van der Waals surface area contributed by atoms with E-state index in [4.69, 9.17) is 37.9 Å². The van der Waals surface area contributed by atoms with Crippen LogP contribution in [0, 0.1) is 0 Å². The highest BCUT2D eigenvalue weighted by Crippen LogP contribution is 2.34. The average molecular weight is 968 g/mol. The van der Waals surface area contributed by atoms with E-state index in [-0.39, 0.29) is 32.2 Å². The van der Waals surface area contributed by atoms with Gasteiger partial charge in [-0.2, -0.15) is 0 Å². The van der Waals surface area contributed by atoms with E-state index in [1.54, 1.807) is 90.0 Å². The third-order valence-corrected chi connectivity index (χ3v) is 10.2. The van der Waals surface area contributed by atoms with Gasteiger partial charge in [0, 0.05) is 19.5 Å². The van der Waals surface area contributed by atoms with Gasteiger partial charge in [0.05, 0.1) is 24.2 Å². The molecule has 0 aromatic carbocycles. The number of nitrogens with one attached hydrogen (secondary N) is 5. The summed E-state index contributed by atoms with van der Waals surface area (Å²) in [5.74, 6) is -0.605. The summed E-state index contributed by atoms with van der Waals surface area (Å²) in [5, 5.41) is 81.0. The molecule has 5 amide bonds. The molecule has 67 heavy (non-hydrogen) atoms. The molecule has 24 nitrogen and oxygen atoms in total. The normalized spacial score (nSPS) is 32.8. The van der Waals surface area contributed by atoms with E-state index in [0.29, 0.717) is 0 Å². The number of rotatable bonds is 14. The van der Waals surface area contributed by atoms with Gasteiger partial charge in [0.15, 0.2) is 12.6 Å². The Bertz CT molecular complexity index is 1650. The number of carbonyl (C=O) groups excluding carboxylic acids is 5. The van der Waals surface area contributed by atoms with Crippen molar-refractivity contribution in [1.82, 2.24) is 26.6 Å². The molecule has 15 unspecified atom stereocenters. The minimum absolute atomic E-state index is 0.0434. The Morgan fingerprint density at radius 1 is 0.522 bits per heavy atom. The molecule has 1 aliphatic carbocycles. The van der Waals surface area contributed by atoms with Crippen LogP contribution in [0.2, 0.25) is 0 Å². The Labute approximate surface area is 391 Å². The van der Waals surface area contributed by atoms with E-state index in [1.807, 2.05) is 0 Å². The van der Waals surface area contributed by atoms with Gasteiger partial charge < -0.3 is 95.1 Å². The lowest BCUT2D eigenvalue weighted by Crippen LogP contribution is -2.70. The maximum atomic E-state index is 13.6. The van der Waals surface area contributed by atoms with Crippen molar-refractivity contribution in [3.63, 3.8) is 0 Å². The van der Waals surface area contributed by atoms with Crippen LogP contribution in [0.25, 0.3) is 0 Å². The van der Waals surface area contributed by atoms with Gasteiger partial charge in [0.25, 0.3) is 0 Å². The molecule has 0 bridgehead atoms. The summed E-state index contributed by atoms with van der Waals surface area (Å²) in [5.41, 5.74) is -3.61. The third kappa shape index (κ3) is 18.5. The number of aliphatic hydroxyl groups is 6. The van der Waals surface area contributed by atoms with Crippen LogP contribution in [0.1, 0.15) is 116 Å². The maximum Gasteiger partial charge on any atom is 0.408 e. The first-order chi connectivity index (χ1) is 30.7. The molecule has 2 saturated heterocycles. The van der Waals surface area contributed by atoms with E-state index < -0.39 is 151 Å². The van der Waals surface area contributed by atoms with Crippen LogP contribution in [-0.4, -0.2) is 188 Å². The summed E-state index contributed by atoms with van der Waals surface area (Å²) in [6.45, 7) is 20.9. The second-order valence-corrected chi connectivity index (χ2v) is 20.9. The summed E-state index contributed by atoms with van der Waals surface area (Å²) in [7, 11) is 0. The summed E-state index contributed by atoms with van der Waals surface area (Å²) >= 11 is 0. The molecule has 1 saturated carbocycles. The standard InChI is InChI=1S/C43H77N5O19/c1-14-22-26(50)25(48-39(59)67-43(11,12)13)28(52)34(60-22)62-32-20(46-24(49)16-15-17-44-36(56)64-40(2,3)4)18-21(47-38(58)66-42(8,9)10)33(31(32)55)63-35-30(54)29(53)27(51)23(61-35)19-45-37(57)65-41(5,6)7/h20-23,25-35,50-55H,14-19H2,1-13H3,(H,44,56)(H,45,57)(H,46,49)(H,47,58)(H,48,59). The zero-order chi connectivity index (χ0) is 51.0. The highest BCUT2D eigenvalue weighted by Gasteiger charge is 2.54. The first kappa shape index (κ1) is 57.5. The van der Waals surface area contributed by atoms with E-state index in [9.17, 15) is 54.6 Å². The predicted molar refractivity (Wildman–Crippen MR) is 234 cm³/mol. The van der Waals surface area contributed by atoms with Gasteiger partial charge in [-0.05, 0) is 102 Å². The average Bonchev–Trinajstić information content (AvgIpc) is 3.15. The van der Waals surface area contributed by atoms with Gasteiger partial charge in [-0.1, -0.05) is 6.92 Å². The lowest BCUT2D eigenvalue weighted by molar-refractivity contribution is -0.333. The molecule has 0 spiro atoms. The summed E-state index contributed by atoms with van der Waals surface area (Å²) in [6, 6.07) is -4.01. The minimum Gasteiger partial charge on any atom is -0.444 e. The number of carbonyl (C=O) groups is 5. The molecule has 15 atom stereocenters. The molecular formula is C43H77N5O19. The molecule has 0 radical (unpaired) electrons. The molecule has 2 aliphatic heterocycles. The number of alkyl carbamates (subject to hydrolysis) is 4. The number of aliphatic hydroxyl groups excluding tert-OH is 6. The lowest BCUT2D eigenvalue weighted by Gasteiger charge is -2.49. The molecule has 388 valence electrons. The third-order valence-electron chi connectivity index (χ3n) is 10.2. The number of amides is 5. The molecule has 0 aromatic rings. The fraction of sp³-hybridized carbons (Fsp3) is 0.884. The quantitative estimate of drug-likeness (QED) is 0.0823. The molecule has 3 aliphatic rings. The smallest absolute Gasteiger partial charge is 0.408 e. The van der Waals surface area contributed by atoms with Gasteiger partial charge in [0.2, 0.25) is 5.91 Å². The van der Waals surface area contributed by atoms with E-state index in [1.165, 1.54) is 0 Å². The first-order valence-electron chi connectivity index (χ1n) is 22.6. The zero-order valence-electron chi connectivity index (χ0n) is 40.9. The molecule has 24 heteroatoms. The van der Waals surface area contributed by atoms with Gasteiger partial charge >= 0.3 is 24.4 Å². The van der Waals surface area contributed by atoms with E-state index in [2.05, 4.69) is 26.6 Å². The maximum absolute atomic E-state index is 13.6. The van der Waals surface area contributed by atoms with Crippen LogP contribution in [0.5, 0.6) is 0 Å². The van der Waals surface area contributed by atoms with Crippen LogP contribution in [-0.2, 0) is 42.7 Å². The van der Waals surface area contributed by atoms with Gasteiger partial charge in [-0.15, -0.1) is 0 Å². The van der Waals surface area contributed by atoms with Gasteiger partial charge in [0.1, 0.15) is 77.3 Å². The molecule has 0 aromatic heterocycles. The topological polar surface area (TPSA) is 341 Å². The monoisotopic (exact) mass is 968 g/mol. The van der Waals surface area contributed by atoms with Crippen molar-refractivity contribution in [3.05, 3.63) is 0 Å². The van der Waals surface area contributed by atoms with Crippen molar-refractivity contribution < 1.29 is 92.5 Å². The van der Waals surface area contributed by atoms with Crippen LogP contribution < -0.4 is 26.6 Å². The lowest BCUT2D eigenvalue weighted by atomic mass is 9.83. The molecule has 3 fully saturated rings. The van der Waals surface area contributed by atoms with Crippen LogP contribution in [0.15, 0.2) is 0 Å². The fourth-order valence-corrected chi connectivity index (χ4v) is 7.34. The van der Waals surface area contributed by atoms with Crippen molar-refractivity contribution in [2.75, 3.05) is 13.1 Å². The van der Waals surface area contributed by atoms with Crippen molar-refractivity contribution in [2.24, 2.45) is 0 Å². The highest BCUT2D eigenvalue weighted by molar-refractivity contribution is 5.76. The van der Waals surface area contributed by atoms with Gasteiger partial charge in [-0.3, -0.25) is 4.79 Å². The predicted octanol–water partition coefficient (Wildman–Crippen LogP) is 0.287. The Morgan fingerprint density at radius 2 is 0.970 bits per heavy atom. The van der Waals surface area contributed by atoms with Crippen LogP contribution in [0.3, 0.4) is 0 Å². The number of hydrogen-bond donors (Lipinski definition) is 11. The van der Waals surface area contributed by atoms with Crippen LogP contribution in [0.4, 0.5) is 19.2 Å². The molecule has 11 N–H and O–H groups in total. The van der Waals surface area contributed by atoms with Crippen molar-refractivity contribution in [3.8, 4) is 0 Å². The minimum atomic E-state index is -1.98. The number of hydrogen-bond acceptors (Lipinski definition) is 19. The highest BCUT2D eigenvalue weighted by atomic mass is 16.7. The largest absolute Gasteiger partial charge is 0.444 e. The van der Waals surface area contributed by atoms with Crippen molar-refractivity contribution >= 4 is 30.3 Å². The molecule has 3 rings (SSSR count). The van der Waals surface area contributed by atoms with Crippen molar-refractivity contribution in [1.29, 1.82) is 0 Å². The Balaban J connectivity index is 2.02. The Hall–Kier alpha value is -3.85. The summed E-state index contributed by atoms with van der Waals surface area (Å²) in [4.78, 5) is 64.5.